The van der Waals surface area contributed by atoms with Crippen molar-refractivity contribution >= 4 is 22.8 Å². The Morgan fingerprint density at radius 1 is 1.13 bits per heavy atom. The van der Waals surface area contributed by atoms with E-state index < -0.39 is 0 Å². The standard InChI is InChI=1S/C10H19O4S/c1-4-15(5-2)8-10(12)14-7-6-9(11)13-3/h4-8H2,1-3H3/q+1. The molecule has 0 aliphatic heterocycles. The van der Waals surface area contributed by atoms with Gasteiger partial charge in [-0.2, -0.15) is 0 Å². The lowest BCUT2D eigenvalue weighted by molar-refractivity contribution is -0.146. The summed E-state index contributed by atoms with van der Waals surface area (Å²) in [5.74, 6) is 1.90. The molecular formula is C10H19O4S+. The Morgan fingerprint density at radius 3 is 2.20 bits per heavy atom. The van der Waals surface area contributed by atoms with Crippen molar-refractivity contribution in [3.8, 4) is 0 Å². The van der Waals surface area contributed by atoms with E-state index in [0.717, 1.165) is 11.5 Å². The van der Waals surface area contributed by atoms with Gasteiger partial charge in [-0.15, -0.1) is 0 Å². The fraction of sp³-hybridized carbons (Fsp3) is 0.800. The van der Waals surface area contributed by atoms with Gasteiger partial charge in [0.25, 0.3) is 0 Å². The van der Waals surface area contributed by atoms with Gasteiger partial charge >= 0.3 is 11.9 Å². The summed E-state index contributed by atoms with van der Waals surface area (Å²) in [5, 5.41) is 0. The summed E-state index contributed by atoms with van der Waals surface area (Å²) in [7, 11) is 1.44. The second kappa shape index (κ2) is 8.59. The number of hydrogen-bond donors (Lipinski definition) is 0. The molecule has 0 heterocycles. The lowest BCUT2D eigenvalue weighted by atomic mass is 10.5. The molecule has 0 saturated carbocycles. The maximum atomic E-state index is 11.3. The summed E-state index contributed by atoms with van der Waals surface area (Å²) < 4.78 is 9.34. The van der Waals surface area contributed by atoms with Crippen LogP contribution >= 0.6 is 0 Å². The summed E-state index contributed by atoms with van der Waals surface area (Å²) in [6.07, 6.45) is 0.133. The van der Waals surface area contributed by atoms with Crippen LogP contribution < -0.4 is 0 Å². The van der Waals surface area contributed by atoms with E-state index in [-0.39, 0.29) is 35.9 Å². The molecule has 0 N–H and O–H groups in total. The fourth-order valence-corrected chi connectivity index (χ4v) is 2.20. The molecule has 15 heavy (non-hydrogen) atoms. The van der Waals surface area contributed by atoms with Gasteiger partial charge in [0.05, 0.1) is 13.5 Å². The first-order valence-electron chi connectivity index (χ1n) is 5.00. The first-order valence-corrected chi connectivity index (χ1v) is 6.73. The normalized spacial score (nSPS) is 10.1. The number of methoxy groups -OCH3 is 1. The zero-order chi connectivity index (χ0) is 11.7. The Balaban J connectivity index is 3.61. The zero-order valence-electron chi connectivity index (χ0n) is 9.58. The van der Waals surface area contributed by atoms with Crippen LogP contribution in [0.2, 0.25) is 0 Å². The van der Waals surface area contributed by atoms with Gasteiger partial charge in [0.15, 0.2) is 0 Å². The van der Waals surface area contributed by atoms with Gasteiger partial charge in [-0.3, -0.25) is 4.79 Å². The van der Waals surface area contributed by atoms with E-state index in [1.54, 1.807) is 0 Å². The summed E-state index contributed by atoms with van der Waals surface area (Å²) in [4.78, 5) is 22.0. The average Bonchev–Trinajstić information content (AvgIpc) is 2.25. The number of hydrogen-bond acceptors (Lipinski definition) is 4. The molecular weight excluding hydrogens is 216 g/mol. The molecule has 0 unspecified atom stereocenters. The van der Waals surface area contributed by atoms with Gasteiger partial charge in [-0.05, 0) is 24.7 Å². The van der Waals surface area contributed by atoms with Crippen molar-refractivity contribution in [1.29, 1.82) is 0 Å². The van der Waals surface area contributed by atoms with E-state index in [4.69, 9.17) is 4.74 Å². The predicted octanol–water partition coefficient (Wildman–Crippen LogP) is 0.751. The third-order valence-electron chi connectivity index (χ3n) is 1.94. The van der Waals surface area contributed by atoms with Gasteiger partial charge in [0.1, 0.15) is 18.1 Å². The fourth-order valence-electron chi connectivity index (χ4n) is 0.967. The molecule has 4 nitrogen and oxygen atoms in total. The van der Waals surface area contributed by atoms with Crippen molar-refractivity contribution < 1.29 is 19.1 Å². The second-order valence-electron chi connectivity index (χ2n) is 2.88. The summed E-state index contributed by atoms with van der Waals surface area (Å²) in [6, 6.07) is 0. The number of esters is 2. The summed E-state index contributed by atoms with van der Waals surface area (Å²) >= 11 is 0. The molecule has 0 atom stereocenters. The molecule has 0 aromatic rings. The molecule has 0 rings (SSSR count). The highest BCUT2D eigenvalue weighted by Gasteiger charge is 2.19. The Labute approximate surface area is 93.7 Å². The maximum absolute atomic E-state index is 11.3. The molecule has 0 fully saturated rings. The van der Waals surface area contributed by atoms with Crippen molar-refractivity contribution in [3.63, 3.8) is 0 Å². The van der Waals surface area contributed by atoms with Crippen LogP contribution in [0.4, 0.5) is 0 Å². The van der Waals surface area contributed by atoms with Crippen molar-refractivity contribution in [2.45, 2.75) is 20.3 Å². The van der Waals surface area contributed by atoms with Crippen molar-refractivity contribution in [2.24, 2.45) is 0 Å². The van der Waals surface area contributed by atoms with E-state index in [1.165, 1.54) is 7.11 Å². The van der Waals surface area contributed by atoms with Crippen LogP contribution in [0.25, 0.3) is 0 Å². The number of rotatable bonds is 7. The van der Waals surface area contributed by atoms with Gasteiger partial charge in [-0.25, -0.2) is 4.79 Å². The van der Waals surface area contributed by atoms with Crippen molar-refractivity contribution in [1.82, 2.24) is 0 Å². The highest BCUT2D eigenvalue weighted by Crippen LogP contribution is 1.98. The minimum atomic E-state index is -0.354. The Hall–Kier alpha value is -0.710. The van der Waals surface area contributed by atoms with Gasteiger partial charge in [0.2, 0.25) is 5.75 Å². The van der Waals surface area contributed by atoms with E-state index in [9.17, 15) is 9.59 Å². The largest absolute Gasteiger partial charge is 0.469 e. The van der Waals surface area contributed by atoms with Crippen LogP contribution in [0.5, 0.6) is 0 Å². The molecule has 0 aliphatic rings. The third-order valence-corrected chi connectivity index (χ3v) is 4.21. The van der Waals surface area contributed by atoms with Crippen molar-refractivity contribution in [2.75, 3.05) is 31.0 Å². The molecule has 0 radical (unpaired) electrons. The monoisotopic (exact) mass is 235 g/mol. The minimum Gasteiger partial charge on any atom is -0.469 e. The summed E-state index contributed by atoms with van der Waals surface area (Å²) in [5.41, 5.74) is 0. The Kier molecular flexibility index (Phi) is 8.18. The Morgan fingerprint density at radius 2 is 1.73 bits per heavy atom. The highest BCUT2D eigenvalue weighted by atomic mass is 32.2. The molecule has 0 aromatic carbocycles. The first-order chi connectivity index (χ1) is 7.13. The third kappa shape index (κ3) is 7.25. The van der Waals surface area contributed by atoms with Crippen LogP contribution in [-0.2, 0) is 30.0 Å². The molecule has 0 saturated heterocycles. The van der Waals surface area contributed by atoms with Crippen LogP contribution in [0.15, 0.2) is 0 Å². The van der Waals surface area contributed by atoms with Gasteiger partial charge in [0, 0.05) is 0 Å². The molecule has 0 amide bonds. The molecule has 0 bridgehead atoms. The van der Waals surface area contributed by atoms with E-state index in [2.05, 4.69) is 18.6 Å². The molecule has 0 aliphatic carbocycles. The smallest absolute Gasteiger partial charge is 0.356 e. The second-order valence-corrected chi connectivity index (χ2v) is 5.55. The SMILES string of the molecule is CC[S+](CC)CC(=O)OCCC(=O)OC. The average molecular weight is 235 g/mol. The first kappa shape index (κ1) is 14.3. The molecule has 0 spiro atoms. The number of carbonyl (C=O) groups is 2. The minimum absolute atomic E-state index is 0.121. The van der Waals surface area contributed by atoms with Crippen molar-refractivity contribution in [3.05, 3.63) is 0 Å². The van der Waals surface area contributed by atoms with E-state index >= 15 is 0 Å². The number of ether oxygens (including phenoxy) is 2. The Bertz CT molecular complexity index is 202. The molecule has 88 valence electrons. The van der Waals surface area contributed by atoms with Crippen LogP contribution in [0, 0.1) is 0 Å². The topological polar surface area (TPSA) is 52.6 Å². The number of carbonyl (C=O) groups excluding carboxylic acids is 2. The maximum Gasteiger partial charge on any atom is 0.356 e. The lowest BCUT2D eigenvalue weighted by Gasteiger charge is -2.04. The predicted molar refractivity (Wildman–Crippen MR) is 60.9 cm³/mol. The highest BCUT2D eigenvalue weighted by molar-refractivity contribution is 7.97. The molecule has 5 heteroatoms. The lowest BCUT2D eigenvalue weighted by Crippen LogP contribution is -2.23. The van der Waals surface area contributed by atoms with Crippen LogP contribution in [0.1, 0.15) is 20.3 Å². The van der Waals surface area contributed by atoms with E-state index in [1.807, 2.05) is 0 Å². The van der Waals surface area contributed by atoms with Gasteiger partial charge < -0.3 is 9.47 Å². The quantitative estimate of drug-likeness (QED) is 0.483. The van der Waals surface area contributed by atoms with Crippen LogP contribution in [0.3, 0.4) is 0 Å². The molecule has 0 aromatic heterocycles. The summed E-state index contributed by atoms with van der Waals surface area (Å²) in [6.45, 7) is 4.25. The van der Waals surface area contributed by atoms with Crippen LogP contribution in [-0.4, -0.2) is 42.9 Å². The zero-order valence-corrected chi connectivity index (χ0v) is 10.4. The van der Waals surface area contributed by atoms with Gasteiger partial charge in [-0.1, -0.05) is 0 Å². The van der Waals surface area contributed by atoms with E-state index in [0.29, 0.717) is 5.75 Å².